The molecule has 1 spiro atoms. The van der Waals surface area contributed by atoms with Crippen molar-refractivity contribution in [2.45, 2.75) is 58.5 Å². The third-order valence-corrected chi connectivity index (χ3v) is 6.23. The summed E-state index contributed by atoms with van der Waals surface area (Å²) in [7, 11) is 0. The summed E-state index contributed by atoms with van der Waals surface area (Å²) >= 11 is 4.61. The Morgan fingerprint density at radius 2 is 2.00 bits per heavy atom. The Balaban J connectivity index is 2.10. The van der Waals surface area contributed by atoms with Gasteiger partial charge in [0.05, 0.1) is 5.03 Å². The van der Waals surface area contributed by atoms with Crippen molar-refractivity contribution in [3.8, 4) is 6.07 Å². The van der Waals surface area contributed by atoms with E-state index in [1.54, 1.807) is 0 Å². The van der Waals surface area contributed by atoms with E-state index in [0.717, 1.165) is 31.4 Å². The lowest BCUT2D eigenvalue weighted by Gasteiger charge is -2.51. The first-order valence-corrected chi connectivity index (χ1v) is 9.40. The van der Waals surface area contributed by atoms with E-state index >= 15 is 0 Å². The molecule has 0 aromatic heterocycles. The molecule has 132 valence electrons. The van der Waals surface area contributed by atoms with Crippen LogP contribution < -0.4 is 10.2 Å². The van der Waals surface area contributed by atoms with E-state index in [9.17, 15) is 10.1 Å². The van der Waals surface area contributed by atoms with Gasteiger partial charge in [-0.15, -0.1) is 12.6 Å². The molecule has 5 heteroatoms. The SMILES string of the molecule is CCC1CCC2(CC1)NC(=O)C(C#N)=C(S)N2c1ccc(C)c(C)c1. The van der Waals surface area contributed by atoms with E-state index in [0.29, 0.717) is 10.9 Å². The Hall–Kier alpha value is -1.93. The Kier molecular flexibility index (Phi) is 4.83. The van der Waals surface area contributed by atoms with Gasteiger partial charge >= 0.3 is 0 Å². The Morgan fingerprint density at radius 3 is 2.56 bits per heavy atom. The molecule has 0 atom stereocenters. The molecule has 1 aromatic rings. The highest BCUT2D eigenvalue weighted by atomic mass is 32.1. The molecular formula is C20H25N3OS. The van der Waals surface area contributed by atoms with Crippen LogP contribution in [-0.4, -0.2) is 11.6 Å². The van der Waals surface area contributed by atoms with Gasteiger partial charge in [-0.2, -0.15) is 5.26 Å². The summed E-state index contributed by atoms with van der Waals surface area (Å²) in [6.45, 7) is 6.38. The number of rotatable bonds is 2. The van der Waals surface area contributed by atoms with Gasteiger partial charge in [0.25, 0.3) is 5.91 Å². The van der Waals surface area contributed by atoms with Crippen LogP contribution in [0, 0.1) is 31.1 Å². The zero-order valence-corrected chi connectivity index (χ0v) is 16.0. The standard InChI is InChI=1S/C20H25N3OS/c1-4-15-7-9-20(10-8-15)22-18(24)17(12-21)19(25)23(20)16-6-5-13(2)14(3)11-16/h5-6,11,15,25H,4,7-10H2,1-3H3,(H,22,24). The second-order valence-corrected chi connectivity index (χ2v) is 7.68. The number of thiol groups is 1. The van der Waals surface area contributed by atoms with Crippen molar-refractivity contribution in [3.05, 3.63) is 39.9 Å². The molecule has 1 aliphatic carbocycles. The van der Waals surface area contributed by atoms with Crippen molar-refractivity contribution < 1.29 is 4.79 Å². The lowest BCUT2D eigenvalue weighted by molar-refractivity contribution is -0.120. The van der Waals surface area contributed by atoms with Crippen molar-refractivity contribution in [3.63, 3.8) is 0 Å². The molecule has 0 bridgehead atoms. The minimum Gasteiger partial charge on any atom is -0.328 e. The predicted octanol–water partition coefficient (Wildman–Crippen LogP) is 4.20. The zero-order chi connectivity index (χ0) is 18.2. The topological polar surface area (TPSA) is 56.1 Å². The molecule has 0 saturated heterocycles. The van der Waals surface area contributed by atoms with Gasteiger partial charge in [0, 0.05) is 5.69 Å². The number of carbonyl (C=O) groups excluding carboxylic acids is 1. The number of nitriles is 1. The van der Waals surface area contributed by atoms with E-state index in [4.69, 9.17) is 0 Å². The smallest absolute Gasteiger partial charge is 0.266 e. The van der Waals surface area contributed by atoms with Crippen LogP contribution in [-0.2, 0) is 4.79 Å². The lowest BCUT2D eigenvalue weighted by Crippen LogP contribution is -2.64. The van der Waals surface area contributed by atoms with Gasteiger partial charge in [0.15, 0.2) is 0 Å². The minimum absolute atomic E-state index is 0.0878. The van der Waals surface area contributed by atoms with E-state index in [-0.39, 0.29) is 11.5 Å². The van der Waals surface area contributed by atoms with Gasteiger partial charge in [-0.25, -0.2) is 0 Å². The van der Waals surface area contributed by atoms with Crippen LogP contribution in [0.25, 0.3) is 0 Å². The maximum atomic E-state index is 12.5. The largest absolute Gasteiger partial charge is 0.328 e. The molecule has 1 fully saturated rings. The summed E-state index contributed by atoms with van der Waals surface area (Å²) in [5.41, 5.74) is 2.99. The third-order valence-electron chi connectivity index (χ3n) is 5.81. The van der Waals surface area contributed by atoms with Gasteiger partial charge in [0.1, 0.15) is 17.3 Å². The van der Waals surface area contributed by atoms with Crippen LogP contribution in [0.1, 0.15) is 50.2 Å². The van der Waals surface area contributed by atoms with E-state index in [2.05, 4.69) is 61.8 Å². The lowest BCUT2D eigenvalue weighted by atomic mass is 9.78. The third kappa shape index (κ3) is 3.04. The molecule has 1 aliphatic heterocycles. The van der Waals surface area contributed by atoms with Crippen molar-refractivity contribution in [2.75, 3.05) is 4.90 Å². The molecular weight excluding hydrogens is 330 g/mol. The number of aryl methyl sites for hydroxylation is 2. The zero-order valence-electron chi connectivity index (χ0n) is 15.1. The number of nitrogens with zero attached hydrogens (tertiary/aromatic N) is 2. The summed E-state index contributed by atoms with van der Waals surface area (Å²) < 4.78 is 0. The average molecular weight is 356 g/mol. The van der Waals surface area contributed by atoms with Gasteiger partial charge in [0.2, 0.25) is 0 Å². The number of carbonyl (C=O) groups is 1. The quantitative estimate of drug-likeness (QED) is 0.782. The number of hydrogen-bond donors (Lipinski definition) is 2. The molecule has 1 saturated carbocycles. The second-order valence-electron chi connectivity index (χ2n) is 7.25. The minimum atomic E-state index is -0.484. The first-order valence-electron chi connectivity index (χ1n) is 8.95. The molecule has 4 nitrogen and oxygen atoms in total. The van der Waals surface area contributed by atoms with Crippen molar-refractivity contribution >= 4 is 24.2 Å². The highest BCUT2D eigenvalue weighted by molar-refractivity contribution is 7.84. The Labute approximate surface area is 155 Å². The van der Waals surface area contributed by atoms with Crippen LogP contribution in [0.3, 0.4) is 0 Å². The highest BCUT2D eigenvalue weighted by Gasteiger charge is 2.47. The summed E-state index contributed by atoms with van der Waals surface area (Å²) in [6, 6.07) is 8.27. The van der Waals surface area contributed by atoms with Crippen molar-refractivity contribution in [2.24, 2.45) is 5.92 Å². The van der Waals surface area contributed by atoms with Crippen LogP contribution in [0.15, 0.2) is 28.8 Å². The highest BCUT2D eigenvalue weighted by Crippen LogP contribution is 2.44. The monoisotopic (exact) mass is 355 g/mol. The average Bonchev–Trinajstić information content (AvgIpc) is 2.59. The maximum Gasteiger partial charge on any atom is 0.266 e. The molecule has 1 heterocycles. The molecule has 1 amide bonds. The Morgan fingerprint density at radius 1 is 1.32 bits per heavy atom. The normalized spacial score (nSPS) is 26.6. The van der Waals surface area contributed by atoms with Gasteiger partial charge in [-0.1, -0.05) is 19.4 Å². The van der Waals surface area contributed by atoms with Crippen LogP contribution in [0.2, 0.25) is 0 Å². The summed E-state index contributed by atoms with van der Waals surface area (Å²) in [6.07, 6.45) is 5.04. The first-order chi connectivity index (χ1) is 11.9. The van der Waals surface area contributed by atoms with Crippen LogP contribution in [0.4, 0.5) is 5.69 Å². The molecule has 0 radical (unpaired) electrons. The van der Waals surface area contributed by atoms with E-state index in [1.165, 1.54) is 17.5 Å². The van der Waals surface area contributed by atoms with Gasteiger partial charge < -0.3 is 10.2 Å². The number of nitrogens with one attached hydrogen (secondary N) is 1. The molecule has 0 unspecified atom stereocenters. The summed E-state index contributed by atoms with van der Waals surface area (Å²) in [4.78, 5) is 14.6. The number of benzene rings is 1. The number of hydrogen-bond acceptors (Lipinski definition) is 4. The molecule has 1 N–H and O–H groups in total. The molecule has 1 aromatic carbocycles. The fourth-order valence-electron chi connectivity index (χ4n) is 3.99. The van der Waals surface area contributed by atoms with Crippen molar-refractivity contribution in [1.82, 2.24) is 5.32 Å². The Bertz CT molecular complexity index is 770. The summed E-state index contributed by atoms with van der Waals surface area (Å²) in [5.74, 6) is 0.399. The van der Waals surface area contributed by atoms with E-state index < -0.39 is 5.66 Å². The van der Waals surface area contributed by atoms with Crippen molar-refractivity contribution in [1.29, 1.82) is 5.26 Å². The van der Waals surface area contributed by atoms with Gasteiger partial charge in [-0.3, -0.25) is 4.79 Å². The molecule has 3 rings (SSSR count). The van der Waals surface area contributed by atoms with Crippen LogP contribution >= 0.6 is 12.6 Å². The fraction of sp³-hybridized carbons (Fsp3) is 0.500. The summed E-state index contributed by atoms with van der Waals surface area (Å²) in [5, 5.41) is 13.0. The van der Waals surface area contributed by atoms with E-state index in [1.807, 2.05) is 6.07 Å². The maximum absolute atomic E-state index is 12.5. The second kappa shape index (κ2) is 6.76. The molecule has 25 heavy (non-hydrogen) atoms. The van der Waals surface area contributed by atoms with Crippen LogP contribution in [0.5, 0.6) is 0 Å². The first kappa shape index (κ1) is 17.9. The predicted molar refractivity (Wildman–Crippen MR) is 103 cm³/mol. The van der Waals surface area contributed by atoms with Gasteiger partial charge in [-0.05, 0) is 68.7 Å². The number of anilines is 1. The molecule has 2 aliphatic rings. The number of amides is 1. The fourth-order valence-corrected chi connectivity index (χ4v) is 4.45.